The Morgan fingerprint density at radius 1 is 1.44 bits per heavy atom. The molecule has 0 bridgehead atoms. The van der Waals surface area contributed by atoms with Gasteiger partial charge in [0, 0.05) is 12.1 Å². The monoisotopic (exact) mass is 255 g/mol. The first-order valence-corrected chi connectivity index (χ1v) is 5.88. The van der Waals surface area contributed by atoms with Gasteiger partial charge in [-0.3, -0.25) is 10.1 Å². The zero-order valence-electron chi connectivity index (χ0n) is 10.6. The topological polar surface area (TPSA) is 81.2 Å². The van der Waals surface area contributed by atoms with Crippen LogP contribution in [0, 0.1) is 15.9 Å². The van der Waals surface area contributed by atoms with Gasteiger partial charge in [-0.25, -0.2) is 4.39 Å². The standard InChI is InChI=1S/C12H18FN3O2/c1-3-12(14,4-2)8-15-10-6-5-9(13)7-11(10)16(17)18/h5-7,15H,3-4,8,14H2,1-2H3. The molecule has 0 aliphatic carbocycles. The zero-order chi connectivity index (χ0) is 13.8. The van der Waals surface area contributed by atoms with Crippen LogP contribution in [0.4, 0.5) is 15.8 Å². The van der Waals surface area contributed by atoms with Crippen molar-refractivity contribution < 1.29 is 9.31 Å². The second-order valence-electron chi connectivity index (χ2n) is 4.34. The lowest BCUT2D eigenvalue weighted by atomic mass is 9.94. The van der Waals surface area contributed by atoms with E-state index < -0.39 is 16.3 Å². The molecule has 0 aromatic heterocycles. The number of halogens is 1. The first-order valence-electron chi connectivity index (χ1n) is 5.88. The van der Waals surface area contributed by atoms with Crippen molar-refractivity contribution in [1.29, 1.82) is 0 Å². The number of benzene rings is 1. The van der Waals surface area contributed by atoms with Gasteiger partial charge in [-0.2, -0.15) is 0 Å². The predicted molar refractivity (Wildman–Crippen MR) is 69.0 cm³/mol. The molecule has 0 heterocycles. The molecule has 0 aliphatic heterocycles. The fourth-order valence-electron chi connectivity index (χ4n) is 1.58. The summed E-state index contributed by atoms with van der Waals surface area (Å²) < 4.78 is 13.0. The molecule has 1 aromatic carbocycles. The molecule has 100 valence electrons. The van der Waals surface area contributed by atoms with E-state index in [1.807, 2.05) is 13.8 Å². The fourth-order valence-corrected chi connectivity index (χ4v) is 1.58. The van der Waals surface area contributed by atoms with Gasteiger partial charge in [-0.15, -0.1) is 0 Å². The summed E-state index contributed by atoms with van der Waals surface area (Å²) in [6.07, 6.45) is 1.51. The van der Waals surface area contributed by atoms with Gasteiger partial charge in [0.2, 0.25) is 0 Å². The van der Waals surface area contributed by atoms with Crippen LogP contribution in [0.15, 0.2) is 18.2 Å². The van der Waals surface area contributed by atoms with Gasteiger partial charge in [0.25, 0.3) is 5.69 Å². The molecule has 0 spiro atoms. The van der Waals surface area contributed by atoms with E-state index >= 15 is 0 Å². The number of nitrogens with one attached hydrogen (secondary N) is 1. The van der Waals surface area contributed by atoms with Crippen LogP contribution in [-0.2, 0) is 0 Å². The molecular formula is C12H18FN3O2. The third-order valence-corrected chi connectivity index (χ3v) is 3.20. The van der Waals surface area contributed by atoms with E-state index in [2.05, 4.69) is 5.32 Å². The maximum absolute atomic E-state index is 13.0. The fraction of sp³-hybridized carbons (Fsp3) is 0.500. The van der Waals surface area contributed by atoms with Gasteiger partial charge in [-0.1, -0.05) is 13.8 Å². The van der Waals surface area contributed by atoms with E-state index in [1.165, 1.54) is 12.1 Å². The van der Waals surface area contributed by atoms with Crippen molar-refractivity contribution in [3.8, 4) is 0 Å². The number of hydrogen-bond donors (Lipinski definition) is 2. The molecule has 0 aliphatic rings. The first kappa shape index (κ1) is 14.4. The molecule has 0 saturated heterocycles. The summed E-state index contributed by atoms with van der Waals surface area (Å²) in [6, 6.07) is 3.45. The van der Waals surface area contributed by atoms with Crippen molar-refractivity contribution >= 4 is 11.4 Å². The second kappa shape index (κ2) is 5.77. The molecule has 6 heteroatoms. The van der Waals surface area contributed by atoms with Crippen LogP contribution >= 0.6 is 0 Å². The first-order chi connectivity index (χ1) is 8.41. The van der Waals surface area contributed by atoms with E-state index in [0.717, 1.165) is 18.9 Å². The number of hydrogen-bond acceptors (Lipinski definition) is 4. The molecule has 1 rings (SSSR count). The molecule has 0 saturated carbocycles. The summed E-state index contributed by atoms with van der Waals surface area (Å²) in [6.45, 7) is 4.33. The zero-order valence-corrected chi connectivity index (χ0v) is 10.6. The van der Waals surface area contributed by atoms with Gasteiger partial charge in [0.05, 0.1) is 11.0 Å². The van der Waals surface area contributed by atoms with Crippen LogP contribution in [-0.4, -0.2) is 17.0 Å². The Labute approximate surface area is 105 Å². The van der Waals surface area contributed by atoms with E-state index in [0.29, 0.717) is 6.54 Å². The Kier molecular flexibility index (Phi) is 4.61. The van der Waals surface area contributed by atoms with Gasteiger partial charge in [0.1, 0.15) is 11.5 Å². The molecule has 0 atom stereocenters. The highest BCUT2D eigenvalue weighted by molar-refractivity contribution is 5.61. The maximum Gasteiger partial charge on any atom is 0.295 e. The minimum atomic E-state index is -0.628. The quantitative estimate of drug-likeness (QED) is 0.605. The summed E-state index contributed by atoms with van der Waals surface area (Å²) >= 11 is 0. The highest BCUT2D eigenvalue weighted by atomic mass is 19.1. The Balaban J connectivity index is 2.88. The van der Waals surface area contributed by atoms with E-state index in [1.54, 1.807) is 0 Å². The van der Waals surface area contributed by atoms with Gasteiger partial charge in [-0.05, 0) is 25.0 Å². The van der Waals surface area contributed by atoms with Crippen LogP contribution in [0.25, 0.3) is 0 Å². The molecule has 0 unspecified atom stereocenters. The normalized spacial score (nSPS) is 11.3. The van der Waals surface area contributed by atoms with Crippen molar-refractivity contribution in [3.05, 3.63) is 34.1 Å². The Hall–Kier alpha value is -1.69. The average molecular weight is 255 g/mol. The second-order valence-corrected chi connectivity index (χ2v) is 4.34. The Bertz CT molecular complexity index is 433. The van der Waals surface area contributed by atoms with Crippen LogP contribution in [0.3, 0.4) is 0 Å². The summed E-state index contributed by atoms with van der Waals surface area (Å²) in [5.74, 6) is -0.628. The third-order valence-electron chi connectivity index (χ3n) is 3.20. The average Bonchev–Trinajstić information content (AvgIpc) is 2.36. The lowest BCUT2D eigenvalue weighted by molar-refractivity contribution is -0.384. The molecular weight excluding hydrogens is 237 g/mol. The van der Waals surface area contributed by atoms with Crippen molar-refractivity contribution in [1.82, 2.24) is 0 Å². The van der Waals surface area contributed by atoms with Gasteiger partial charge in [0.15, 0.2) is 0 Å². The molecule has 1 aromatic rings. The predicted octanol–water partition coefficient (Wildman–Crippen LogP) is 2.66. The number of nitrogens with two attached hydrogens (primary N) is 1. The van der Waals surface area contributed by atoms with E-state index in [-0.39, 0.29) is 11.4 Å². The number of nitro groups is 1. The third kappa shape index (κ3) is 3.40. The van der Waals surface area contributed by atoms with Crippen LogP contribution < -0.4 is 11.1 Å². The molecule has 5 nitrogen and oxygen atoms in total. The number of nitro benzene ring substituents is 1. The van der Waals surface area contributed by atoms with Crippen molar-refractivity contribution in [3.63, 3.8) is 0 Å². The Morgan fingerprint density at radius 3 is 2.56 bits per heavy atom. The largest absolute Gasteiger partial charge is 0.378 e. The molecule has 0 amide bonds. The molecule has 18 heavy (non-hydrogen) atoms. The van der Waals surface area contributed by atoms with E-state index in [9.17, 15) is 14.5 Å². The SMILES string of the molecule is CCC(N)(CC)CNc1ccc(F)cc1[N+](=O)[O-]. The van der Waals surface area contributed by atoms with Crippen LogP contribution in [0.5, 0.6) is 0 Å². The lowest BCUT2D eigenvalue weighted by Crippen LogP contribution is -2.45. The van der Waals surface area contributed by atoms with Crippen molar-refractivity contribution in [2.45, 2.75) is 32.2 Å². The van der Waals surface area contributed by atoms with Gasteiger partial charge >= 0.3 is 0 Å². The maximum atomic E-state index is 13.0. The minimum Gasteiger partial charge on any atom is -0.378 e. The highest BCUT2D eigenvalue weighted by Gasteiger charge is 2.22. The van der Waals surface area contributed by atoms with Gasteiger partial charge < -0.3 is 11.1 Å². The number of nitrogens with zero attached hydrogens (tertiary/aromatic N) is 1. The Morgan fingerprint density at radius 2 is 2.06 bits per heavy atom. The lowest BCUT2D eigenvalue weighted by Gasteiger charge is -2.27. The molecule has 0 radical (unpaired) electrons. The minimum absolute atomic E-state index is 0.274. The summed E-state index contributed by atoms with van der Waals surface area (Å²) in [5.41, 5.74) is 5.70. The molecule has 0 fully saturated rings. The van der Waals surface area contributed by atoms with Crippen LogP contribution in [0.2, 0.25) is 0 Å². The molecule has 3 N–H and O–H groups in total. The number of rotatable bonds is 6. The van der Waals surface area contributed by atoms with Crippen molar-refractivity contribution in [2.75, 3.05) is 11.9 Å². The van der Waals surface area contributed by atoms with Crippen molar-refractivity contribution in [2.24, 2.45) is 5.73 Å². The summed E-state index contributed by atoms with van der Waals surface area (Å²) in [5, 5.41) is 13.7. The smallest absolute Gasteiger partial charge is 0.295 e. The van der Waals surface area contributed by atoms with E-state index in [4.69, 9.17) is 5.73 Å². The van der Waals surface area contributed by atoms with Crippen LogP contribution in [0.1, 0.15) is 26.7 Å². The highest BCUT2D eigenvalue weighted by Crippen LogP contribution is 2.25. The summed E-state index contributed by atoms with van der Waals surface area (Å²) in [4.78, 5) is 10.2. The number of anilines is 1. The summed E-state index contributed by atoms with van der Waals surface area (Å²) in [7, 11) is 0.